The first kappa shape index (κ1) is 15.9. The zero-order chi connectivity index (χ0) is 16.4. The zero-order valence-electron chi connectivity index (χ0n) is 13.1. The first-order valence-electron chi connectivity index (χ1n) is 7.48. The van der Waals surface area contributed by atoms with Gasteiger partial charge in [0, 0.05) is 11.0 Å². The van der Waals surface area contributed by atoms with Crippen LogP contribution in [0.4, 0.5) is 0 Å². The van der Waals surface area contributed by atoms with Crippen molar-refractivity contribution in [1.29, 1.82) is 0 Å². The number of nitrogens with one attached hydrogen (secondary N) is 1. The van der Waals surface area contributed by atoms with Crippen molar-refractivity contribution in [2.75, 3.05) is 7.05 Å². The van der Waals surface area contributed by atoms with Crippen LogP contribution in [-0.2, 0) is 6.54 Å². The molecule has 5 heteroatoms. The maximum atomic E-state index is 12.2. The number of benzene rings is 2. The molecular weight excluding hydrogens is 354 g/mol. The van der Waals surface area contributed by atoms with Crippen LogP contribution >= 0.6 is 15.9 Å². The van der Waals surface area contributed by atoms with Gasteiger partial charge in [-0.15, -0.1) is 0 Å². The molecule has 3 rings (SSSR count). The highest BCUT2D eigenvalue weighted by atomic mass is 79.9. The van der Waals surface area contributed by atoms with E-state index in [1.807, 2.05) is 44.3 Å². The molecule has 0 unspecified atom stereocenters. The summed E-state index contributed by atoms with van der Waals surface area (Å²) >= 11 is 3.44. The fraction of sp³-hybridized carbons (Fsp3) is 0.222. The summed E-state index contributed by atoms with van der Waals surface area (Å²) in [5, 5.41) is 0.624. The average molecular weight is 372 g/mol. The van der Waals surface area contributed by atoms with E-state index in [0.717, 1.165) is 16.5 Å². The summed E-state index contributed by atoms with van der Waals surface area (Å²) in [6, 6.07) is 15.7. The largest absolute Gasteiger partial charge is 0.309 e. The molecule has 1 atom stereocenters. The summed E-state index contributed by atoms with van der Waals surface area (Å²) in [6.45, 7) is 2.83. The lowest BCUT2D eigenvalue weighted by Crippen LogP contribution is -2.26. The zero-order valence-corrected chi connectivity index (χ0v) is 14.7. The Morgan fingerprint density at radius 3 is 2.61 bits per heavy atom. The number of rotatable bonds is 4. The highest BCUT2D eigenvalue weighted by Gasteiger charge is 2.15. The Morgan fingerprint density at radius 1 is 1.17 bits per heavy atom. The van der Waals surface area contributed by atoms with Crippen molar-refractivity contribution in [3.63, 3.8) is 0 Å². The van der Waals surface area contributed by atoms with Gasteiger partial charge in [0.2, 0.25) is 0 Å². The number of H-pyrrole nitrogens is 1. The minimum Gasteiger partial charge on any atom is -0.309 e. The number of nitrogens with zero attached hydrogens (tertiary/aromatic N) is 2. The topological polar surface area (TPSA) is 49.0 Å². The molecule has 3 aromatic rings. The Balaban J connectivity index is 1.85. The Hall–Kier alpha value is -1.98. The second-order valence-electron chi connectivity index (χ2n) is 5.69. The molecule has 0 amide bonds. The van der Waals surface area contributed by atoms with Crippen LogP contribution in [0.5, 0.6) is 0 Å². The highest BCUT2D eigenvalue weighted by Crippen LogP contribution is 2.19. The van der Waals surface area contributed by atoms with Gasteiger partial charge in [0.1, 0.15) is 5.82 Å². The van der Waals surface area contributed by atoms with Crippen molar-refractivity contribution in [3.05, 3.63) is 74.7 Å². The maximum absolute atomic E-state index is 12.2. The molecule has 0 radical (unpaired) electrons. The third-order valence-electron chi connectivity index (χ3n) is 4.03. The van der Waals surface area contributed by atoms with Gasteiger partial charge in [-0.2, -0.15) is 0 Å². The highest BCUT2D eigenvalue weighted by molar-refractivity contribution is 9.10. The third kappa shape index (κ3) is 3.51. The van der Waals surface area contributed by atoms with E-state index < -0.39 is 0 Å². The summed E-state index contributed by atoms with van der Waals surface area (Å²) in [5.74, 6) is 0.688. The summed E-state index contributed by atoms with van der Waals surface area (Å²) in [6.07, 6.45) is 0. The van der Waals surface area contributed by atoms with Crippen molar-refractivity contribution in [1.82, 2.24) is 14.9 Å². The summed E-state index contributed by atoms with van der Waals surface area (Å²) < 4.78 is 1.07. The van der Waals surface area contributed by atoms with E-state index in [2.05, 4.69) is 42.9 Å². The van der Waals surface area contributed by atoms with Crippen LogP contribution in [0.1, 0.15) is 24.4 Å². The van der Waals surface area contributed by atoms with Crippen LogP contribution in [0, 0.1) is 0 Å². The van der Waals surface area contributed by atoms with Gasteiger partial charge >= 0.3 is 0 Å². The molecule has 0 saturated heterocycles. The molecule has 0 aliphatic carbocycles. The molecule has 23 heavy (non-hydrogen) atoms. The quantitative estimate of drug-likeness (QED) is 0.756. The van der Waals surface area contributed by atoms with E-state index in [0.29, 0.717) is 11.2 Å². The number of hydrogen-bond acceptors (Lipinski definition) is 3. The van der Waals surface area contributed by atoms with Gasteiger partial charge in [-0.1, -0.05) is 40.2 Å². The number of fused-ring (bicyclic) bond motifs is 1. The molecule has 0 aliphatic rings. The fourth-order valence-electron chi connectivity index (χ4n) is 2.53. The number of para-hydroxylation sites is 1. The second-order valence-corrected chi connectivity index (χ2v) is 6.60. The fourth-order valence-corrected chi connectivity index (χ4v) is 2.79. The van der Waals surface area contributed by atoms with E-state index in [4.69, 9.17) is 0 Å². The molecular formula is C18H18BrN3O. The molecule has 1 aromatic heterocycles. The molecule has 1 heterocycles. The van der Waals surface area contributed by atoms with Crippen molar-refractivity contribution >= 4 is 26.8 Å². The smallest absolute Gasteiger partial charge is 0.258 e. The lowest BCUT2D eigenvalue weighted by Gasteiger charge is -2.24. The molecule has 0 aliphatic heterocycles. The van der Waals surface area contributed by atoms with Crippen molar-refractivity contribution in [2.45, 2.75) is 19.5 Å². The monoisotopic (exact) mass is 371 g/mol. The first-order chi connectivity index (χ1) is 11.0. The number of aromatic nitrogens is 2. The van der Waals surface area contributed by atoms with Crippen LogP contribution in [0.15, 0.2) is 57.8 Å². The van der Waals surface area contributed by atoms with Gasteiger partial charge in [-0.25, -0.2) is 4.98 Å². The van der Waals surface area contributed by atoms with Gasteiger partial charge in [0.05, 0.1) is 16.9 Å². The van der Waals surface area contributed by atoms with E-state index in [1.165, 1.54) is 5.56 Å². The Kier molecular flexibility index (Phi) is 4.59. The second kappa shape index (κ2) is 6.64. The molecule has 4 nitrogen and oxygen atoms in total. The first-order valence-corrected chi connectivity index (χ1v) is 8.27. The predicted octanol–water partition coefficient (Wildman–Crippen LogP) is 3.88. The number of hydrogen-bond donors (Lipinski definition) is 1. The molecule has 1 N–H and O–H groups in total. The number of aromatic amines is 1. The summed E-state index contributed by atoms with van der Waals surface area (Å²) in [7, 11) is 2.03. The molecule has 0 fully saturated rings. The standard InChI is InChI=1S/C18H18BrN3O/c1-12(22(2)11-13-7-9-14(19)10-8-13)17-20-16-6-4-3-5-15(16)18(23)21-17/h3-10,12H,11H2,1-2H3,(H,20,21,23)/t12-/m0/s1. The van der Waals surface area contributed by atoms with E-state index in [1.54, 1.807) is 6.07 Å². The van der Waals surface area contributed by atoms with Gasteiger partial charge in [0.25, 0.3) is 5.56 Å². The minimum absolute atomic E-state index is 0.0101. The van der Waals surface area contributed by atoms with Gasteiger partial charge in [-0.3, -0.25) is 9.69 Å². The lowest BCUT2D eigenvalue weighted by molar-refractivity contribution is 0.244. The number of halogens is 1. The molecule has 118 valence electrons. The SMILES string of the molecule is C[C@@H](c1nc2ccccc2c(=O)[nH]1)N(C)Cc1ccc(Br)cc1. The molecule has 2 aromatic carbocycles. The van der Waals surface area contributed by atoms with E-state index in [9.17, 15) is 4.79 Å². The van der Waals surface area contributed by atoms with Gasteiger partial charge in [0.15, 0.2) is 0 Å². The average Bonchev–Trinajstić information content (AvgIpc) is 2.56. The maximum Gasteiger partial charge on any atom is 0.258 e. The van der Waals surface area contributed by atoms with Crippen LogP contribution in [0.3, 0.4) is 0 Å². The van der Waals surface area contributed by atoms with Crippen LogP contribution in [0.25, 0.3) is 10.9 Å². The summed E-state index contributed by atoms with van der Waals surface area (Å²) in [5.41, 5.74) is 1.86. The molecule has 0 bridgehead atoms. The van der Waals surface area contributed by atoms with Crippen molar-refractivity contribution < 1.29 is 0 Å². The third-order valence-corrected chi connectivity index (χ3v) is 4.56. The van der Waals surface area contributed by atoms with Crippen LogP contribution in [-0.4, -0.2) is 21.9 Å². The Bertz CT molecular complexity index is 873. The van der Waals surface area contributed by atoms with Gasteiger partial charge < -0.3 is 4.98 Å². The Morgan fingerprint density at radius 2 is 1.87 bits per heavy atom. The van der Waals surface area contributed by atoms with E-state index in [-0.39, 0.29) is 11.6 Å². The predicted molar refractivity (Wildman–Crippen MR) is 96.4 cm³/mol. The van der Waals surface area contributed by atoms with Gasteiger partial charge in [-0.05, 0) is 43.8 Å². The van der Waals surface area contributed by atoms with Crippen LogP contribution in [0.2, 0.25) is 0 Å². The normalized spacial score (nSPS) is 12.7. The van der Waals surface area contributed by atoms with E-state index >= 15 is 0 Å². The van der Waals surface area contributed by atoms with Crippen molar-refractivity contribution in [2.24, 2.45) is 0 Å². The minimum atomic E-state index is -0.0884. The lowest BCUT2D eigenvalue weighted by atomic mass is 10.2. The molecule has 0 spiro atoms. The van der Waals surface area contributed by atoms with Crippen LogP contribution < -0.4 is 5.56 Å². The van der Waals surface area contributed by atoms with Crippen molar-refractivity contribution in [3.8, 4) is 0 Å². The summed E-state index contributed by atoms with van der Waals surface area (Å²) in [4.78, 5) is 21.9. The molecule has 0 saturated carbocycles. The Labute approximate surface area is 143 Å².